The molecule has 0 atom stereocenters. The highest BCUT2D eigenvalue weighted by Gasteiger charge is 2.11. The molecule has 0 radical (unpaired) electrons. The molecule has 3 aromatic rings. The fourth-order valence-corrected chi connectivity index (χ4v) is 3.90. The van der Waals surface area contributed by atoms with Crippen LogP contribution >= 0.6 is 45.8 Å². The molecule has 1 amide bonds. The minimum absolute atomic E-state index is 0.250. The van der Waals surface area contributed by atoms with E-state index < -0.39 is 0 Å². The highest BCUT2D eigenvalue weighted by Crippen LogP contribution is 2.26. The van der Waals surface area contributed by atoms with Crippen LogP contribution in [0, 0.1) is 17.4 Å². The van der Waals surface area contributed by atoms with E-state index >= 15 is 0 Å². The van der Waals surface area contributed by atoms with Gasteiger partial charge in [0.05, 0.1) is 6.21 Å². The van der Waals surface area contributed by atoms with E-state index in [9.17, 15) is 4.79 Å². The molecule has 0 fully saturated rings. The van der Waals surface area contributed by atoms with Crippen molar-refractivity contribution in [2.45, 2.75) is 13.8 Å². The number of hydrazone groups is 1. The maximum Gasteiger partial charge on any atom is 0.271 e. The molecular formula is C20H16Cl2IN3O. The number of nitrogens with one attached hydrogen (secondary N) is 1. The van der Waals surface area contributed by atoms with Crippen LogP contribution in [0.2, 0.25) is 10.0 Å². The highest BCUT2D eigenvalue weighted by atomic mass is 127. The van der Waals surface area contributed by atoms with Crippen LogP contribution in [-0.4, -0.2) is 16.7 Å². The van der Waals surface area contributed by atoms with Gasteiger partial charge in [0.25, 0.3) is 5.91 Å². The zero-order valence-corrected chi connectivity index (χ0v) is 18.3. The van der Waals surface area contributed by atoms with Crippen molar-refractivity contribution in [1.82, 2.24) is 9.99 Å². The average Bonchev–Trinajstić information content (AvgIpc) is 2.87. The third-order valence-electron chi connectivity index (χ3n) is 4.03. The lowest BCUT2D eigenvalue weighted by atomic mass is 10.2. The van der Waals surface area contributed by atoms with Crippen molar-refractivity contribution >= 4 is 57.9 Å². The third-order valence-corrected chi connectivity index (χ3v) is 5.14. The van der Waals surface area contributed by atoms with Gasteiger partial charge in [-0.2, -0.15) is 5.10 Å². The second kappa shape index (κ2) is 8.46. The molecule has 0 aliphatic rings. The Hall–Kier alpha value is -1.83. The molecule has 0 unspecified atom stereocenters. The largest absolute Gasteiger partial charge is 0.318 e. The van der Waals surface area contributed by atoms with Crippen LogP contribution in [0.15, 0.2) is 53.6 Å². The van der Waals surface area contributed by atoms with E-state index in [4.69, 9.17) is 23.2 Å². The summed E-state index contributed by atoms with van der Waals surface area (Å²) in [4.78, 5) is 12.2. The van der Waals surface area contributed by atoms with Gasteiger partial charge in [0.1, 0.15) is 0 Å². The molecule has 0 saturated carbocycles. The number of aromatic nitrogens is 1. The van der Waals surface area contributed by atoms with Crippen LogP contribution in [-0.2, 0) is 0 Å². The summed E-state index contributed by atoms with van der Waals surface area (Å²) in [6.45, 7) is 3.97. The summed E-state index contributed by atoms with van der Waals surface area (Å²) >= 11 is 14.4. The Morgan fingerprint density at radius 1 is 1.11 bits per heavy atom. The normalized spacial score (nSPS) is 11.1. The van der Waals surface area contributed by atoms with Gasteiger partial charge in [-0.15, -0.1) is 0 Å². The smallest absolute Gasteiger partial charge is 0.271 e. The number of carbonyl (C=O) groups excluding carboxylic acids is 1. The first-order chi connectivity index (χ1) is 12.8. The fraction of sp³-hybridized carbons (Fsp3) is 0.100. The molecule has 27 heavy (non-hydrogen) atoms. The monoisotopic (exact) mass is 511 g/mol. The summed E-state index contributed by atoms with van der Waals surface area (Å²) in [6, 6.07) is 14.7. The summed E-state index contributed by atoms with van der Waals surface area (Å²) in [6.07, 6.45) is 1.64. The zero-order valence-electron chi connectivity index (χ0n) is 14.6. The van der Waals surface area contributed by atoms with E-state index in [1.807, 2.05) is 48.7 Å². The van der Waals surface area contributed by atoms with Crippen molar-refractivity contribution in [1.29, 1.82) is 0 Å². The molecule has 0 bridgehead atoms. The number of aryl methyl sites for hydroxylation is 1. The second-order valence-corrected chi connectivity index (χ2v) is 8.12. The van der Waals surface area contributed by atoms with Gasteiger partial charge >= 0.3 is 0 Å². The number of benzene rings is 2. The molecule has 1 aromatic heterocycles. The van der Waals surface area contributed by atoms with Gasteiger partial charge in [-0.05, 0) is 78.9 Å². The summed E-state index contributed by atoms with van der Waals surface area (Å²) < 4.78 is 3.04. The molecule has 0 aliphatic heterocycles. The van der Waals surface area contributed by atoms with E-state index in [0.717, 1.165) is 26.2 Å². The Balaban J connectivity index is 1.82. The number of hydrogen-bond acceptors (Lipinski definition) is 2. The summed E-state index contributed by atoms with van der Waals surface area (Å²) in [7, 11) is 0. The predicted octanol–water partition coefficient (Wildman–Crippen LogP) is 5.77. The molecule has 2 aromatic carbocycles. The van der Waals surface area contributed by atoms with E-state index in [1.54, 1.807) is 24.4 Å². The van der Waals surface area contributed by atoms with Gasteiger partial charge in [-0.3, -0.25) is 4.79 Å². The minimum Gasteiger partial charge on any atom is -0.318 e. The summed E-state index contributed by atoms with van der Waals surface area (Å²) in [5, 5.41) is 5.25. The first-order valence-electron chi connectivity index (χ1n) is 8.09. The topological polar surface area (TPSA) is 46.4 Å². The molecule has 0 spiro atoms. The van der Waals surface area contributed by atoms with Gasteiger partial charge in [0.15, 0.2) is 0 Å². The number of rotatable bonds is 4. The molecular weight excluding hydrogens is 496 g/mol. The standard InChI is InChI=1S/C20H16Cl2IN3O/c1-12-6-15(11-24-25-20(27)14-4-3-5-18(23)7-14)13(2)26(12)19-9-16(21)8-17(22)10-19/h3-11H,1-2H3,(H,25,27)/b24-11-. The van der Waals surface area contributed by atoms with Gasteiger partial charge < -0.3 is 4.57 Å². The first kappa shape index (κ1) is 19.9. The maximum absolute atomic E-state index is 12.2. The molecule has 4 nitrogen and oxygen atoms in total. The van der Waals surface area contributed by atoms with Crippen molar-refractivity contribution in [2.24, 2.45) is 5.10 Å². The third kappa shape index (κ3) is 4.72. The fourth-order valence-electron chi connectivity index (χ4n) is 2.84. The quantitative estimate of drug-likeness (QED) is 0.270. The molecule has 1 heterocycles. The first-order valence-corrected chi connectivity index (χ1v) is 9.93. The van der Waals surface area contributed by atoms with Crippen LogP contribution in [0.25, 0.3) is 5.69 Å². The summed E-state index contributed by atoms with van der Waals surface area (Å²) in [5.74, 6) is -0.250. The van der Waals surface area contributed by atoms with Crippen molar-refractivity contribution in [2.75, 3.05) is 0 Å². The lowest BCUT2D eigenvalue weighted by Crippen LogP contribution is -2.17. The Labute approximate surface area is 181 Å². The van der Waals surface area contributed by atoms with Crippen LogP contribution in [0.5, 0.6) is 0 Å². The Bertz CT molecular complexity index is 1020. The highest BCUT2D eigenvalue weighted by molar-refractivity contribution is 14.1. The molecule has 3 rings (SSSR count). The molecule has 1 N–H and O–H groups in total. The lowest BCUT2D eigenvalue weighted by molar-refractivity contribution is 0.0955. The number of nitrogens with zero attached hydrogens (tertiary/aromatic N) is 2. The van der Waals surface area contributed by atoms with Crippen molar-refractivity contribution < 1.29 is 4.79 Å². The number of halogens is 3. The number of hydrogen-bond donors (Lipinski definition) is 1. The van der Waals surface area contributed by atoms with Crippen molar-refractivity contribution in [3.8, 4) is 5.69 Å². The van der Waals surface area contributed by atoms with Crippen LogP contribution in [0.3, 0.4) is 0 Å². The Morgan fingerprint density at radius 2 is 1.81 bits per heavy atom. The molecule has 0 saturated heterocycles. The van der Waals surface area contributed by atoms with Gasteiger partial charge in [0, 0.05) is 41.8 Å². The van der Waals surface area contributed by atoms with E-state index in [-0.39, 0.29) is 5.91 Å². The Kier molecular flexibility index (Phi) is 6.24. The Morgan fingerprint density at radius 3 is 2.48 bits per heavy atom. The van der Waals surface area contributed by atoms with Gasteiger partial charge in [-0.25, -0.2) is 5.43 Å². The minimum atomic E-state index is -0.250. The predicted molar refractivity (Wildman–Crippen MR) is 119 cm³/mol. The van der Waals surface area contributed by atoms with Crippen LogP contribution < -0.4 is 5.43 Å². The lowest BCUT2D eigenvalue weighted by Gasteiger charge is -2.10. The van der Waals surface area contributed by atoms with E-state index in [1.165, 1.54) is 0 Å². The molecule has 0 aliphatic carbocycles. The number of amides is 1. The second-order valence-electron chi connectivity index (χ2n) is 6.00. The van der Waals surface area contributed by atoms with Gasteiger partial charge in [-0.1, -0.05) is 29.3 Å². The number of carbonyl (C=O) groups is 1. The van der Waals surface area contributed by atoms with E-state index in [0.29, 0.717) is 15.6 Å². The molecule has 138 valence electrons. The van der Waals surface area contributed by atoms with Crippen molar-refractivity contribution in [3.05, 3.63) is 84.7 Å². The molecule has 7 heteroatoms. The van der Waals surface area contributed by atoms with Crippen LogP contribution in [0.1, 0.15) is 27.3 Å². The van der Waals surface area contributed by atoms with Crippen LogP contribution in [0.4, 0.5) is 0 Å². The zero-order chi connectivity index (χ0) is 19.6. The van der Waals surface area contributed by atoms with Crippen molar-refractivity contribution in [3.63, 3.8) is 0 Å². The SMILES string of the molecule is Cc1cc(/C=N\NC(=O)c2cccc(I)c2)c(C)n1-c1cc(Cl)cc(Cl)c1. The average molecular weight is 512 g/mol. The summed E-state index contributed by atoms with van der Waals surface area (Å²) in [5.41, 5.74) is 6.89. The maximum atomic E-state index is 12.2. The van der Waals surface area contributed by atoms with Gasteiger partial charge in [0.2, 0.25) is 0 Å². The van der Waals surface area contributed by atoms with E-state index in [2.05, 4.69) is 33.1 Å².